The highest BCUT2D eigenvalue weighted by Crippen LogP contribution is 2.17. The second-order valence-corrected chi connectivity index (χ2v) is 5.04. The molecule has 0 aromatic carbocycles. The first-order chi connectivity index (χ1) is 8.11. The minimum atomic E-state index is 0.0234. The number of piperazine rings is 1. The quantitative estimate of drug-likeness (QED) is 0.778. The van der Waals surface area contributed by atoms with Gasteiger partial charge in [-0.3, -0.25) is 9.69 Å². The average molecular weight is 241 g/mol. The lowest BCUT2D eigenvalue weighted by Gasteiger charge is -2.41. The molecule has 2 unspecified atom stereocenters. The van der Waals surface area contributed by atoms with E-state index in [1.807, 2.05) is 14.1 Å². The van der Waals surface area contributed by atoms with E-state index in [-0.39, 0.29) is 11.9 Å². The van der Waals surface area contributed by atoms with Gasteiger partial charge in [-0.1, -0.05) is 20.3 Å². The smallest absolute Gasteiger partial charge is 0.240 e. The number of rotatable bonds is 5. The van der Waals surface area contributed by atoms with Crippen molar-refractivity contribution >= 4 is 5.91 Å². The van der Waals surface area contributed by atoms with E-state index in [0.717, 1.165) is 26.1 Å². The minimum Gasteiger partial charge on any atom is -0.347 e. The van der Waals surface area contributed by atoms with Crippen LogP contribution in [0.4, 0.5) is 0 Å². The van der Waals surface area contributed by atoms with Crippen LogP contribution in [-0.2, 0) is 4.79 Å². The summed E-state index contributed by atoms with van der Waals surface area (Å²) in [5.41, 5.74) is 0. The summed E-state index contributed by atoms with van der Waals surface area (Å²) < 4.78 is 0. The molecule has 1 aliphatic rings. The highest BCUT2D eigenvalue weighted by molar-refractivity contribution is 5.81. The summed E-state index contributed by atoms with van der Waals surface area (Å²) in [5, 5.41) is 3.33. The van der Waals surface area contributed by atoms with Crippen molar-refractivity contribution in [3.63, 3.8) is 0 Å². The van der Waals surface area contributed by atoms with Crippen molar-refractivity contribution in [2.75, 3.05) is 33.7 Å². The van der Waals surface area contributed by atoms with Gasteiger partial charge < -0.3 is 10.2 Å². The molecule has 1 saturated heterocycles. The van der Waals surface area contributed by atoms with Crippen molar-refractivity contribution in [3.05, 3.63) is 0 Å². The van der Waals surface area contributed by atoms with Gasteiger partial charge in [-0.15, -0.1) is 0 Å². The number of nitrogens with one attached hydrogen (secondary N) is 1. The molecule has 1 amide bonds. The summed E-state index contributed by atoms with van der Waals surface area (Å²) in [6.07, 6.45) is 3.50. The van der Waals surface area contributed by atoms with Crippen molar-refractivity contribution in [3.8, 4) is 0 Å². The number of hydrogen-bond acceptors (Lipinski definition) is 3. The van der Waals surface area contributed by atoms with Crippen LogP contribution in [-0.4, -0.2) is 61.5 Å². The fraction of sp³-hybridized carbons (Fsp3) is 0.923. The highest BCUT2D eigenvalue weighted by Gasteiger charge is 2.33. The molecule has 0 bridgehead atoms. The lowest BCUT2D eigenvalue weighted by Crippen LogP contribution is -2.60. The number of hydrogen-bond donors (Lipinski definition) is 1. The maximum absolute atomic E-state index is 12.2. The molecular weight excluding hydrogens is 214 g/mol. The van der Waals surface area contributed by atoms with Crippen LogP contribution < -0.4 is 5.32 Å². The Morgan fingerprint density at radius 3 is 2.71 bits per heavy atom. The topological polar surface area (TPSA) is 35.6 Å². The zero-order chi connectivity index (χ0) is 12.8. The molecule has 4 heteroatoms. The van der Waals surface area contributed by atoms with Crippen molar-refractivity contribution in [2.24, 2.45) is 0 Å². The van der Waals surface area contributed by atoms with E-state index < -0.39 is 0 Å². The summed E-state index contributed by atoms with van der Waals surface area (Å²) in [6, 6.07) is 0.575. The van der Waals surface area contributed by atoms with Crippen LogP contribution in [0.5, 0.6) is 0 Å². The normalized spacial score (nSPS) is 23.4. The third kappa shape index (κ3) is 3.68. The largest absolute Gasteiger partial charge is 0.347 e. The Morgan fingerprint density at radius 2 is 2.18 bits per heavy atom. The first-order valence-corrected chi connectivity index (χ1v) is 6.79. The lowest BCUT2D eigenvalue weighted by atomic mass is 10.0. The number of likely N-dealkylation sites (N-methyl/N-ethyl adjacent to an activating group) is 1. The molecule has 1 rings (SSSR count). The summed E-state index contributed by atoms with van der Waals surface area (Å²) in [7, 11) is 3.69. The third-order valence-electron chi connectivity index (χ3n) is 3.57. The molecule has 0 radical (unpaired) electrons. The van der Waals surface area contributed by atoms with E-state index >= 15 is 0 Å². The zero-order valence-corrected chi connectivity index (χ0v) is 11.7. The first-order valence-electron chi connectivity index (χ1n) is 6.79. The van der Waals surface area contributed by atoms with Gasteiger partial charge in [-0.2, -0.15) is 0 Å². The van der Waals surface area contributed by atoms with Gasteiger partial charge in [0.25, 0.3) is 0 Å². The number of carbonyl (C=O) groups excluding carboxylic acids is 1. The van der Waals surface area contributed by atoms with Gasteiger partial charge >= 0.3 is 0 Å². The van der Waals surface area contributed by atoms with Gasteiger partial charge in [0.05, 0.1) is 0 Å². The Labute approximate surface area is 105 Å². The van der Waals surface area contributed by atoms with Gasteiger partial charge in [-0.25, -0.2) is 0 Å². The SMILES string of the molecule is CCCC(CC)N1CCNCC1C(=O)N(C)C. The minimum absolute atomic E-state index is 0.0234. The Kier molecular flexibility index (Phi) is 5.92. The van der Waals surface area contributed by atoms with Crippen LogP contribution in [0.15, 0.2) is 0 Å². The van der Waals surface area contributed by atoms with Crippen molar-refractivity contribution < 1.29 is 4.79 Å². The molecule has 4 nitrogen and oxygen atoms in total. The molecule has 0 saturated carbocycles. The Morgan fingerprint density at radius 1 is 1.47 bits per heavy atom. The molecule has 0 aromatic rings. The van der Waals surface area contributed by atoms with Crippen molar-refractivity contribution in [1.29, 1.82) is 0 Å². The van der Waals surface area contributed by atoms with Crippen LogP contribution in [0.2, 0.25) is 0 Å². The molecule has 1 fully saturated rings. The standard InChI is InChI=1S/C13H27N3O/c1-5-7-11(6-2)16-9-8-14-10-12(16)13(17)15(3)4/h11-12,14H,5-10H2,1-4H3. The predicted octanol–water partition coefficient (Wildman–Crippen LogP) is 0.927. The molecule has 0 spiro atoms. The van der Waals surface area contributed by atoms with Crippen LogP contribution in [0.25, 0.3) is 0 Å². The number of carbonyl (C=O) groups is 1. The first kappa shape index (κ1) is 14.5. The number of amides is 1. The summed E-state index contributed by atoms with van der Waals surface area (Å²) >= 11 is 0. The molecule has 1 N–H and O–H groups in total. The second kappa shape index (κ2) is 6.97. The van der Waals surface area contributed by atoms with Crippen LogP contribution in [0, 0.1) is 0 Å². The van der Waals surface area contributed by atoms with Crippen molar-refractivity contribution in [2.45, 2.75) is 45.2 Å². The second-order valence-electron chi connectivity index (χ2n) is 5.04. The van der Waals surface area contributed by atoms with Gasteiger partial charge in [0.1, 0.15) is 6.04 Å². The Hall–Kier alpha value is -0.610. The molecule has 100 valence electrons. The molecule has 1 aliphatic heterocycles. The summed E-state index contributed by atoms with van der Waals surface area (Å²) in [5.74, 6) is 0.228. The van der Waals surface area contributed by atoms with Gasteiger partial charge in [0.2, 0.25) is 5.91 Å². The molecule has 1 heterocycles. The molecule has 0 aliphatic carbocycles. The zero-order valence-electron chi connectivity index (χ0n) is 11.7. The van der Waals surface area contributed by atoms with E-state index in [2.05, 4.69) is 24.1 Å². The van der Waals surface area contributed by atoms with E-state index in [4.69, 9.17) is 0 Å². The van der Waals surface area contributed by atoms with E-state index in [9.17, 15) is 4.79 Å². The van der Waals surface area contributed by atoms with E-state index in [1.165, 1.54) is 12.8 Å². The third-order valence-corrected chi connectivity index (χ3v) is 3.57. The fourth-order valence-electron chi connectivity index (χ4n) is 2.62. The monoisotopic (exact) mass is 241 g/mol. The molecule has 2 atom stereocenters. The van der Waals surface area contributed by atoms with Crippen LogP contribution in [0.3, 0.4) is 0 Å². The van der Waals surface area contributed by atoms with E-state index in [1.54, 1.807) is 4.90 Å². The van der Waals surface area contributed by atoms with Gasteiger partial charge in [0.15, 0.2) is 0 Å². The highest BCUT2D eigenvalue weighted by atomic mass is 16.2. The van der Waals surface area contributed by atoms with Gasteiger partial charge in [-0.05, 0) is 12.8 Å². The molecular formula is C13H27N3O. The average Bonchev–Trinajstić information content (AvgIpc) is 2.35. The van der Waals surface area contributed by atoms with Crippen LogP contribution >= 0.6 is 0 Å². The predicted molar refractivity (Wildman–Crippen MR) is 71.0 cm³/mol. The fourth-order valence-corrected chi connectivity index (χ4v) is 2.62. The molecule has 0 aromatic heterocycles. The lowest BCUT2D eigenvalue weighted by molar-refractivity contribution is -0.136. The maximum atomic E-state index is 12.2. The Bertz CT molecular complexity index is 243. The van der Waals surface area contributed by atoms with Gasteiger partial charge in [0, 0.05) is 39.8 Å². The number of nitrogens with zero attached hydrogens (tertiary/aromatic N) is 2. The maximum Gasteiger partial charge on any atom is 0.240 e. The van der Waals surface area contributed by atoms with E-state index in [0.29, 0.717) is 6.04 Å². The van der Waals surface area contributed by atoms with Crippen molar-refractivity contribution in [1.82, 2.24) is 15.1 Å². The summed E-state index contributed by atoms with van der Waals surface area (Å²) in [4.78, 5) is 16.3. The van der Waals surface area contributed by atoms with Crippen LogP contribution in [0.1, 0.15) is 33.1 Å². The Balaban J connectivity index is 2.73. The summed E-state index contributed by atoms with van der Waals surface area (Å²) in [6.45, 7) is 7.21. The molecule has 17 heavy (non-hydrogen) atoms.